The maximum atomic E-state index is 6.38. The third-order valence-corrected chi connectivity index (χ3v) is 3.67. The summed E-state index contributed by atoms with van der Waals surface area (Å²) < 4.78 is 1.92. The van der Waals surface area contributed by atoms with Crippen LogP contribution >= 0.6 is 0 Å². The van der Waals surface area contributed by atoms with E-state index in [2.05, 4.69) is 48.1 Å². The molecule has 0 aliphatic carbocycles. The lowest BCUT2D eigenvalue weighted by molar-refractivity contribution is 0.706. The summed E-state index contributed by atoms with van der Waals surface area (Å²) in [7, 11) is 1.98. The molecule has 0 spiro atoms. The number of nitrogens with two attached hydrogens (primary N) is 1. The van der Waals surface area contributed by atoms with Gasteiger partial charge in [0.2, 0.25) is 0 Å². The normalized spacial score (nSPS) is 10.8. The number of unbranched alkanes of at least 4 members (excludes halogenated alkanes) is 1. The molecule has 2 aromatic rings. The van der Waals surface area contributed by atoms with Gasteiger partial charge in [-0.2, -0.15) is 5.10 Å². The lowest BCUT2D eigenvalue weighted by atomic mass is 10.2. The molecule has 0 aliphatic heterocycles. The van der Waals surface area contributed by atoms with Crippen molar-refractivity contribution in [3.8, 4) is 0 Å². The van der Waals surface area contributed by atoms with E-state index >= 15 is 0 Å². The second-order valence-corrected chi connectivity index (χ2v) is 5.40. The van der Waals surface area contributed by atoms with Gasteiger partial charge >= 0.3 is 0 Å². The van der Waals surface area contributed by atoms with Crippen molar-refractivity contribution in [1.29, 1.82) is 0 Å². The van der Waals surface area contributed by atoms with Crippen LogP contribution in [0.2, 0.25) is 0 Å². The molecule has 1 aromatic carbocycles. The van der Waals surface area contributed by atoms with Crippen LogP contribution in [0, 0.1) is 0 Å². The van der Waals surface area contributed by atoms with Crippen molar-refractivity contribution in [2.75, 3.05) is 17.2 Å². The molecule has 0 radical (unpaired) electrons. The van der Waals surface area contributed by atoms with Gasteiger partial charge in [0.25, 0.3) is 0 Å². The summed E-state index contributed by atoms with van der Waals surface area (Å²) in [5, 5.41) is 4.60. The van der Waals surface area contributed by atoms with Crippen LogP contribution in [0.1, 0.15) is 38.8 Å². The third kappa shape index (κ3) is 3.38. The van der Waals surface area contributed by atoms with Crippen LogP contribution < -0.4 is 10.6 Å². The molecule has 1 heterocycles. The highest BCUT2D eigenvalue weighted by atomic mass is 15.4. The van der Waals surface area contributed by atoms with E-state index in [0.29, 0.717) is 0 Å². The predicted octanol–water partition coefficient (Wildman–Crippen LogP) is 3.89. The number of para-hydroxylation sites is 1. The van der Waals surface area contributed by atoms with Crippen molar-refractivity contribution in [3.05, 3.63) is 36.0 Å². The first-order valence-corrected chi connectivity index (χ1v) is 7.82. The van der Waals surface area contributed by atoms with Crippen LogP contribution in [0.4, 0.5) is 17.2 Å². The number of nitrogen functional groups attached to an aromatic ring is 1. The molecule has 0 saturated heterocycles. The van der Waals surface area contributed by atoms with Crippen molar-refractivity contribution in [3.63, 3.8) is 0 Å². The van der Waals surface area contributed by atoms with Gasteiger partial charge in [-0.1, -0.05) is 44.9 Å². The molecule has 0 unspecified atom stereocenters. The molecule has 1 aromatic heterocycles. The minimum absolute atomic E-state index is 0.819. The highest BCUT2D eigenvalue weighted by Crippen LogP contribution is 2.32. The van der Waals surface area contributed by atoms with Crippen LogP contribution in [-0.4, -0.2) is 16.3 Å². The fourth-order valence-corrected chi connectivity index (χ4v) is 2.61. The largest absolute Gasteiger partial charge is 0.394 e. The van der Waals surface area contributed by atoms with Gasteiger partial charge < -0.3 is 10.6 Å². The Labute approximate surface area is 127 Å². The smallest absolute Gasteiger partial charge is 0.154 e. The van der Waals surface area contributed by atoms with Crippen LogP contribution in [0.5, 0.6) is 0 Å². The van der Waals surface area contributed by atoms with Gasteiger partial charge in [-0.3, -0.25) is 4.68 Å². The number of hydrogen-bond donors (Lipinski definition) is 1. The Morgan fingerprint density at radius 1 is 1.14 bits per heavy atom. The zero-order valence-corrected chi connectivity index (χ0v) is 13.3. The summed E-state index contributed by atoms with van der Waals surface area (Å²) >= 11 is 0. The molecule has 4 heteroatoms. The SMILES string of the molecule is CCCCN(c1ccccc1)c1c(N)c(CCC)nn1C. The Morgan fingerprint density at radius 2 is 1.86 bits per heavy atom. The predicted molar refractivity (Wildman–Crippen MR) is 90.0 cm³/mol. The molecule has 21 heavy (non-hydrogen) atoms. The Morgan fingerprint density at radius 3 is 2.48 bits per heavy atom. The topological polar surface area (TPSA) is 47.1 Å². The number of benzene rings is 1. The molecule has 0 bridgehead atoms. The summed E-state index contributed by atoms with van der Waals surface area (Å²) in [6, 6.07) is 10.4. The standard InChI is InChI=1S/C17H26N4/c1-4-6-13-21(14-11-8-7-9-12-14)17-16(18)15(10-5-2)19-20(17)3/h7-9,11-12H,4-6,10,13,18H2,1-3H3. The summed E-state index contributed by atoms with van der Waals surface area (Å²) in [4.78, 5) is 2.28. The second kappa shape index (κ2) is 7.16. The monoisotopic (exact) mass is 286 g/mol. The van der Waals surface area contributed by atoms with Crippen molar-refractivity contribution in [2.24, 2.45) is 7.05 Å². The first-order chi connectivity index (χ1) is 10.2. The zero-order valence-electron chi connectivity index (χ0n) is 13.3. The van der Waals surface area contributed by atoms with Crippen molar-refractivity contribution < 1.29 is 0 Å². The summed E-state index contributed by atoms with van der Waals surface area (Å²) in [5.74, 6) is 1.01. The van der Waals surface area contributed by atoms with E-state index in [4.69, 9.17) is 5.73 Å². The quantitative estimate of drug-likeness (QED) is 0.840. The van der Waals surface area contributed by atoms with Crippen molar-refractivity contribution >= 4 is 17.2 Å². The molecule has 0 fully saturated rings. The average molecular weight is 286 g/mol. The first-order valence-electron chi connectivity index (χ1n) is 7.82. The van der Waals surface area contributed by atoms with Crippen molar-refractivity contribution in [1.82, 2.24) is 9.78 Å². The van der Waals surface area contributed by atoms with Gasteiger partial charge in [0.05, 0.1) is 11.4 Å². The van der Waals surface area contributed by atoms with Crippen molar-refractivity contribution in [2.45, 2.75) is 39.5 Å². The molecule has 2 N–H and O–H groups in total. The van der Waals surface area contributed by atoms with Crippen LogP contribution in [-0.2, 0) is 13.5 Å². The van der Waals surface area contributed by atoms with E-state index < -0.39 is 0 Å². The minimum Gasteiger partial charge on any atom is -0.394 e. The number of rotatable bonds is 7. The number of hydrogen-bond acceptors (Lipinski definition) is 3. The summed E-state index contributed by atoms with van der Waals surface area (Å²) in [6.07, 6.45) is 4.27. The maximum absolute atomic E-state index is 6.38. The van der Waals surface area contributed by atoms with Gasteiger partial charge in [-0.15, -0.1) is 0 Å². The second-order valence-electron chi connectivity index (χ2n) is 5.40. The molecule has 0 amide bonds. The number of nitrogens with zero attached hydrogens (tertiary/aromatic N) is 3. The molecule has 0 aliphatic rings. The molecule has 0 atom stereocenters. The first kappa shape index (κ1) is 15.4. The van der Waals surface area contributed by atoms with E-state index in [1.807, 2.05) is 17.8 Å². The molecule has 114 valence electrons. The van der Waals surface area contributed by atoms with E-state index in [0.717, 1.165) is 49.4 Å². The fourth-order valence-electron chi connectivity index (χ4n) is 2.61. The van der Waals surface area contributed by atoms with E-state index in [9.17, 15) is 0 Å². The van der Waals surface area contributed by atoms with Gasteiger partial charge in [0, 0.05) is 19.3 Å². The Bertz CT molecular complexity index is 560. The summed E-state index contributed by atoms with van der Waals surface area (Å²) in [5.41, 5.74) is 9.37. The number of anilines is 3. The van der Waals surface area contributed by atoms with Gasteiger partial charge in [0.1, 0.15) is 0 Å². The van der Waals surface area contributed by atoms with Crippen LogP contribution in [0.15, 0.2) is 30.3 Å². The molecule has 2 rings (SSSR count). The molecule has 0 saturated carbocycles. The van der Waals surface area contributed by atoms with Gasteiger partial charge in [-0.25, -0.2) is 0 Å². The molecular formula is C17H26N4. The molecular weight excluding hydrogens is 260 g/mol. The van der Waals surface area contributed by atoms with E-state index in [-0.39, 0.29) is 0 Å². The number of aryl methyl sites for hydroxylation is 2. The van der Waals surface area contributed by atoms with Gasteiger partial charge in [0.15, 0.2) is 5.82 Å². The lowest BCUT2D eigenvalue weighted by Gasteiger charge is -2.25. The highest BCUT2D eigenvalue weighted by Gasteiger charge is 2.19. The van der Waals surface area contributed by atoms with Crippen LogP contribution in [0.3, 0.4) is 0 Å². The fraction of sp³-hybridized carbons (Fsp3) is 0.471. The minimum atomic E-state index is 0.819. The number of aromatic nitrogens is 2. The van der Waals surface area contributed by atoms with E-state index in [1.54, 1.807) is 0 Å². The van der Waals surface area contributed by atoms with E-state index in [1.165, 1.54) is 5.69 Å². The lowest BCUT2D eigenvalue weighted by Crippen LogP contribution is -2.22. The average Bonchev–Trinajstić information content (AvgIpc) is 2.77. The highest BCUT2D eigenvalue weighted by molar-refractivity contribution is 5.73. The maximum Gasteiger partial charge on any atom is 0.154 e. The third-order valence-electron chi connectivity index (χ3n) is 3.67. The van der Waals surface area contributed by atoms with Gasteiger partial charge in [-0.05, 0) is 25.0 Å². The molecule has 4 nitrogen and oxygen atoms in total. The zero-order chi connectivity index (χ0) is 15.2. The Hall–Kier alpha value is -1.97. The Balaban J connectivity index is 2.41. The summed E-state index contributed by atoms with van der Waals surface area (Å²) in [6.45, 7) is 5.31. The van der Waals surface area contributed by atoms with Crippen LogP contribution in [0.25, 0.3) is 0 Å². The Kier molecular flexibility index (Phi) is 5.26.